The van der Waals surface area contributed by atoms with Crippen molar-refractivity contribution >= 4 is 44.3 Å². The summed E-state index contributed by atoms with van der Waals surface area (Å²) in [4.78, 5) is 21.0. The Morgan fingerprint density at radius 3 is 2.38 bits per heavy atom. The summed E-state index contributed by atoms with van der Waals surface area (Å²) in [6.45, 7) is 0. The summed E-state index contributed by atoms with van der Waals surface area (Å²) in [6.07, 6.45) is 0. The van der Waals surface area contributed by atoms with Crippen molar-refractivity contribution in [3.8, 4) is 11.3 Å². The van der Waals surface area contributed by atoms with Crippen LogP contribution in [0.2, 0.25) is 0 Å². The number of aromatic amines is 1. The highest BCUT2D eigenvalue weighted by Crippen LogP contribution is 2.39. The van der Waals surface area contributed by atoms with Crippen molar-refractivity contribution < 1.29 is 9.21 Å². The number of H-pyrrole nitrogens is 1. The summed E-state index contributed by atoms with van der Waals surface area (Å²) in [7, 11) is 0. The predicted molar refractivity (Wildman–Crippen MR) is 136 cm³/mol. The number of imidazole rings is 1. The minimum absolute atomic E-state index is 0.301. The van der Waals surface area contributed by atoms with Crippen molar-refractivity contribution in [2.45, 2.75) is 6.04 Å². The minimum Gasteiger partial charge on any atom is -0.459 e. The molecule has 1 aliphatic rings. The van der Waals surface area contributed by atoms with Crippen LogP contribution in [0.15, 0.2) is 99.9 Å². The average molecular weight is 511 g/mol. The number of benzene rings is 3. The number of para-hydroxylation sites is 2. The molecule has 3 N–H and O–H groups in total. The lowest BCUT2D eigenvalue weighted by atomic mass is 9.96. The highest BCUT2D eigenvalue weighted by molar-refractivity contribution is 9.10. The largest absolute Gasteiger partial charge is 0.459 e. The van der Waals surface area contributed by atoms with Gasteiger partial charge in [0.15, 0.2) is 0 Å². The van der Waals surface area contributed by atoms with E-state index in [4.69, 9.17) is 9.40 Å². The number of aromatic nitrogens is 2. The first-order valence-corrected chi connectivity index (χ1v) is 11.6. The molecule has 0 bridgehead atoms. The van der Waals surface area contributed by atoms with Crippen LogP contribution in [0.3, 0.4) is 0 Å². The molecule has 34 heavy (non-hydrogen) atoms. The Labute approximate surface area is 203 Å². The highest BCUT2D eigenvalue weighted by atomic mass is 79.9. The normalized spacial score (nSPS) is 15.9. The van der Waals surface area contributed by atoms with E-state index < -0.39 is 6.04 Å². The molecule has 0 aliphatic carbocycles. The molecule has 0 saturated heterocycles. The van der Waals surface area contributed by atoms with Gasteiger partial charge in [0.2, 0.25) is 0 Å². The molecule has 0 saturated carbocycles. The molecule has 1 atom stereocenters. The van der Waals surface area contributed by atoms with Crippen molar-refractivity contribution in [1.29, 1.82) is 0 Å². The molecule has 6 nitrogen and oxygen atoms in total. The predicted octanol–water partition coefficient (Wildman–Crippen LogP) is 6.51. The second-order valence-corrected chi connectivity index (χ2v) is 8.91. The fourth-order valence-electron chi connectivity index (χ4n) is 4.22. The molecule has 3 aromatic carbocycles. The van der Waals surface area contributed by atoms with E-state index in [0.29, 0.717) is 17.3 Å². The van der Waals surface area contributed by atoms with Gasteiger partial charge in [-0.1, -0.05) is 70.5 Å². The molecule has 3 heterocycles. The lowest BCUT2D eigenvalue weighted by Gasteiger charge is -2.28. The maximum atomic E-state index is 12.8. The van der Waals surface area contributed by atoms with Crippen LogP contribution in [0.5, 0.6) is 0 Å². The first kappa shape index (κ1) is 20.5. The van der Waals surface area contributed by atoms with Crippen LogP contribution >= 0.6 is 15.9 Å². The Bertz CT molecular complexity index is 1500. The number of carbonyl (C=O) groups excluding carboxylic acids is 1. The third kappa shape index (κ3) is 3.70. The number of rotatable bonds is 4. The smallest absolute Gasteiger partial charge is 0.320 e. The Morgan fingerprint density at radius 2 is 1.59 bits per heavy atom. The summed E-state index contributed by atoms with van der Waals surface area (Å²) >= 11 is 3.47. The molecule has 2 amide bonds. The van der Waals surface area contributed by atoms with Crippen molar-refractivity contribution in [3.05, 3.63) is 113 Å². The van der Waals surface area contributed by atoms with Crippen molar-refractivity contribution in [2.75, 3.05) is 0 Å². The summed E-state index contributed by atoms with van der Waals surface area (Å²) in [6, 6.07) is 28.5. The fourth-order valence-corrected chi connectivity index (χ4v) is 4.49. The number of halogens is 1. The lowest BCUT2D eigenvalue weighted by molar-refractivity contribution is 0.240. The van der Waals surface area contributed by atoms with E-state index >= 15 is 0 Å². The lowest BCUT2D eigenvalue weighted by Crippen LogP contribution is -2.43. The zero-order valence-electron chi connectivity index (χ0n) is 17.9. The number of urea groups is 1. The number of furan rings is 1. The fraction of sp³-hybridized carbons (Fsp3) is 0.0370. The number of hydrogen-bond donors (Lipinski definition) is 3. The van der Waals surface area contributed by atoms with Gasteiger partial charge in [-0.05, 0) is 42.0 Å². The monoisotopic (exact) mass is 510 g/mol. The van der Waals surface area contributed by atoms with Crippen LogP contribution in [-0.2, 0) is 0 Å². The molecule has 0 radical (unpaired) electrons. The number of hydrogen-bond acceptors (Lipinski definition) is 3. The maximum Gasteiger partial charge on any atom is 0.320 e. The maximum absolute atomic E-state index is 12.8. The zero-order chi connectivity index (χ0) is 23.1. The van der Waals surface area contributed by atoms with Crippen molar-refractivity contribution in [3.63, 3.8) is 0 Å². The van der Waals surface area contributed by atoms with E-state index in [0.717, 1.165) is 38.0 Å². The second-order valence-electron chi connectivity index (χ2n) is 8.00. The van der Waals surface area contributed by atoms with Gasteiger partial charge in [0, 0.05) is 15.6 Å². The number of fused-ring (bicyclic) bond motifs is 1. The second kappa shape index (κ2) is 8.35. The summed E-state index contributed by atoms with van der Waals surface area (Å²) in [5, 5.41) is 6.02. The Kier molecular flexibility index (Phi) is 5.04. The molecule has 6 rings (SSSR count). The topological polar surface area (TPSA) is 83.0 Å². The number of amides is 2. The van der Waals surface area contributed by atoms with Gasteiger partial charge in [0.05, 0.1) is 16.7 Å². The molecule has 1 unspecified atom stereocenters. The Morgan fingerprint density at radius 1 is 0.824 bits per heavy atom. The molecule has 2 aromatic heterocycles. The molecule has 5 aromatic rings. The summed E-state index contributed by atoms with van der Waals surface area (Å²) in [5.74, 6) is 2.01. The summed E-state index contributed by atoms with van der Waals surface area (Å²) < 4.78 is 7.27. The van der Waals surface area contributed by atoms with E-state index in [1.165, 1.54) is 0 Å². The first-order chi connectivity index (χ1) is 16.7. The van der Waals surface area contributed by atoms with E-state index in [1.807, 2.05) is 91.0 Å². The SMILES string of the molecule is O=C1NC(c2ccccc2)=C(c2nc3ccccc3[nH]2)C(c2ccc(-c3ccc(Br)cc3)o2)N1. The van der Waals surface area contributed by atoms with Crippen LogP contribution in [0.1, 0.15) is 23.2 Å². The third-order valence-corrected chi connectivity index (χ3v) is 6.35. The summed E-state index contributed by atoms with van der Waals surface area (Å²) in [5.41, 5.74) is 5.10. The van der Waals surface area contributed by atoms with Crippen LogP contribution in [0.4, 0.5) is 4.79 Å². The quantitative estimate of drug-likeness (QED) is 0.257. The van der Waals surface area contributed by atoms with Gasteiger partial charge in [-0.25, -0.2) is 9.78 Å². The van der Waals surface area contributed by atoms with Gasteiger partial charge in [-0.3, -0.25) is 0 Å². The first-order valence-electron chi connectivity index (χ1n) is 10.8. The Hall–Kier alpha value is -4.10. The Balaban J connectivity index is 1.52. The van der Waals surface area contributed by atoms with Crippen LogP contribution in [0, 0.1) is 0 Å². The van der Waals surface area contributed by atoms with E-state index in [2.05, 4.69) is 31.5 Å². The standard InChI is InChI=1S/C27H19BrN4O2/c28-18-12-10-16(11-13-18)21-14-15-22(34-21)25-23(26-29-19-8-4-5-9-20(19)30-26)24(31-27(33)32-25)17-6-2-1-3-7-17/h1-15,25H,(H,29,30)(H2,31,32,33). The van der Waals surface area contributed by atoms with Gasteiger partial charge in [0.1, 0.15) is 23.4 Å². The molecule has 166 valence electrons. The van der Waals surface area contributed by atoms with Gasteiger partial charge in [-0.2, -0.15) is 0 Å². The van der Waals surface area contributed by atoms with E-state index in [-0.39, 0.29) is 6.03 Å². The van der Waals surface area contributed by atoms with E-state index in [9.17, 15) is 4.79 Å². The van der Waals surface area contributed by atoms with Crippen LogP contribution in [0.25, 0.3) is 33.6 Å². The number of nitrogens with one attached hydrogen (secondary N) is 3. The number of carbonyl (C=O) groups is 1. The van der Waals surface area contributed by atoms with E-state index in [1.54, 1.807) is 0 Å². The third-order valence-electron chi connectivity index (χ3n) is 5.82. The molecule has 0 spiro atoms. The highest BCUT2D eigenvalue weighted by Gasteiger charge is 2.34. The van der Waals surface area contributed by atoms with Gasteiger partial charge < -0.3 is 20.0 Å². The molecule has 0 fully saturated rings. The zero-order valence-corrected chi connectivity index (χ0v) is 19.5. The average Bonchev–Trinajstić information content (AvgIpc) is 3.52. The molecule has 1 aliphatic heterocycles. The van der Waals surface area contributed by atoms with Crippen LogP contribution < -0.4 is 10.6 Å². The molecular weight excluding hydrogens is 492 g/mol. The van der Waals surface area contributed by atoms with Gasteiger partial charge in [0.25, 0.3) is 0 Å². The minimum atomic E-state index is -0.534. The van der Waals surface area contributed by atoms with Crippen molar-refractivity contribution in [1.82, 2.24) is 20.6 Å². The molecule has 7 heteroatoms. The van der Waals surface area contributed by atoms with Crippen LogP contribution in [-0.4, -0.2) is 16.0 Å². The molecular formula is C27H19BrN4O2. The van der Waals surface area contributed by atoms with Gasteiger partial charge in [-0.15, -0.1) is 0 Å². The van der Waals surface area contributed by atoms with Crippen molar-refractivity contribution in [2.24, 2.45) is 0 Å². The van der Waals surface area contributed by atoms with Gasteiger partial charge >= 0.3 is 6.03 Å². The number of nitrogens with zero attached hydrogens (tertiary/aromatic N) is 1.